The van der Waals surface area contributed by atoms with Crippen molar-refractivity contribution in [1.82, 2.24) is 19.0 Å². The fourth-order valence-electron chi connectivity index (χ4n) is 2.15. The van der Waals surface area contributed by atoms with Gasteiger partial charge in [-0.25, -0.2) is 0 Å². The molecule has 1 atom stereocenters. The van der Waals surface area contributed by atoms with Crippen LogP contribution in [-0.4, -0.2) is 39.2 Å². The Morgan fingerprint density at radius 2 is 2.32 bits per heavy atom. The van der Waals surface area contributed by atoms with E-state index in [9.17, 15) is 4.79 Å². The van der Waals surface area contributed by atoms with Crippen molar-refractivity contribution in [2.24, 2.45) is 0 Å². The third kappa shape index (κ3) is 2.50. The summed E-state index contributed by atoms with van der Waals surface area (Å²) in [6, 6.07) is 5.74. The zero-order chi connectivity index (χ0) is 13.2. The Morgan fingerprint density at radius 3 is 3.11 bits per heavy atom. The van der Waals surface area contributed by atoms with Crippen molar-refractivity contribution in [2.45, 2.75) is 12.6 Å². The van der Waals surface area contributed by atoms with Crippen molar-refractivity contribution in [3.63, 3.8) is 0 Å². The Balaban J connectivity index is 1.72. The van der Waals surface area contributed by atoms with Crippen molar-refractivity contribution >= 4 is 28.7 Å². The van der Waals surface area contributed by atoms with E-state index in [1.807, 2.05) is 37.4 Å². The molecule has 1 unspecified atom stereocenters. The number of nitrogens with one attached hydrogen (secondary N) is 1. The molecule has 1 aliphatic rings. The van der Waals surface area contributed by atoms with Crippen LogP contribution in [-0.2, 0) is 11.3 Å². The molecule has 98 valence electrons. The molecule has 0 aliphatic carbocycles. The summed E-state index contributed by atoms with van der Waals surface area (Å²) in [5, 5.41) is 3.13. The van der Waals surface area contributed by atoms with Crippen molar-refractivity contribution < 1.29 is 4.79 Å². The summed E-state index contributed by atoms with van der Waals surface area (Å²) in [7, 11) is 1.82. The molecule has 1 aliphatic heterocycles. The van der Waals surface area contributed by atoms with E-state index in [0.717, 1.165) is 23.1 Å². The highest BCUT2D eigenvalue weighted by Gasteiger charge is 2.21. The van der Waals surface area contributed by atoms with Gasteiger partial charge in [-0.05, 0) is 17.7 Å². The van der Waals surface area contributed by atoms with E-state index in [-0.39, 0.29) is 11.9 Å². The van der Waals surface area contributed by atoms with Gasteiger partial charge in [-0.15, -0.1) is 0 Å². The Kier molecular flexibility index (Phi) is 3.27. The summed E-state index contributed by atoms with van der Waals surface area (Å²) in [4.78, 5) is 13.9. The first-order valence-corrected chi connectivity index (χ1v) is 6.83. The summed E-state index contributed by atoms with van der Waals surface area (Å²) < 4.78 is 8.38. The minimum absolute atomic E-state index is 0.0882. The molecule has 2 aromatic rings. The molecular formula is C13H14N4OS. The maximum atomic E-state index is 12.1. The van der Waals surface area contributed by atoms with E-state index < -0.39 is 0 Å². The molecule has 1 aromatic carbocycles. The highest BCUT2D eigenvalue weighted by atomic mass is 32.1. The van der Waals surface area contributed by atoms with Crippen LogP contribution >= 0.6 is 11.7 Å². The molecule has 1 aromatic heterocycles. The SMILES string of the molecule is CN(Cc1ccc2nsnc2c1)C(=O)C1C=CCN1. The van der Waals surface area contributed by atoms with Crippen LogP contribution in [0.25, 0.3) is 11.0 Å². The van der Waals surface area contributed by atoms with Crippen LogP contribution in [0.5, 0.6) is 0 Å². The fraction of sp³-hybridized carbons (Fsp3) is 0.308. The smallest absolute Gasteiger partial charge is 0.243 e. The number of hydrogen-bond acceptors (Lipinski definition) is 5. The van der Waals surface area contributed by atoms with Gasteiger partial charge >= 0.3 is 0 Å². The summed E-state index contributed by atoms with van der Waals surface area (Å²) >= 11 is 1.21. The van der Waals surface area contributed by atoms with E-state index >= 15 is 0 Å². The highest BCUT2D eigenvalue weighted by Crippen LogP contribution is 2.15. The molecule has 19 heavy (non-hydrogen) atoms. The number of fused-ring (bicyclic) bond motifs is 1. The topological polar surface area (TPSA) is 58.1 Å². The number of aromatic nitrogens is 2. The standard InChI is InChI=1S/C13H14N4OS/c1-17(13(18)11-3-2-6-14-11)8-9-4-5-10-12(7-9)16-19-15-10/h2-5,7,11,14H,6,8H2,1H3. The van der Waals surface area contributed by atoms with Crippen LogP contribution in [0.15, 0.2) is 30.4 Å². The monoisotopic (exact) mass is 274 g/mol. The normalized spacial score (nSPS) is 18.1. The van der Waals surface area contributed by atoms with Gasteiger partial charge in [0, 0.05) is 20.1 Å². The third-order valence-corrected chi connectivity index (χ3v) is 3.72. The van der Waals surface area contributed by atoms with Crippen molar-refractivity contribution in [3.8, 4) is 0 Å². The number of benzene rings is 1. The lowest BCUT2D eigenvalue weighted by Crippen LogP contribution is -2.41. The minimum atomic E-state index is -0.185. The van der Waals surface area contributed by atoms with E-state index in [1.165, 1.54) is 11.7 Å². The number of nitrogens with zero attached hydrogens (tertiary/aromatic N) is 3. The van der Waals surface area contributed by atoms with Gasteiger partial charge in [0.15, 0.2) is 0 Å². The molecule has 3 rings (SSSR count). The summed E-state index contributed by atoms with van der Waals surface area (Å²) in [6.45, 7) is 1.35. The lowest BCUT2D eigenvalue weighted by Gasteiger charge is -2.20. The second kappa shape index (κ2) is 5.07. The molecule has 1 amide bonds. The minimum Gasteiger partial charge on any atom is -0.340 e. The molecule has 0 radical (unpaired) electrons. The highest BCUT2D eigenvalue weighted by molar-refractivity contribution is 7.00. The van der Waals surface area contributed by atoms with Crippen molar-refractivity contribution in [1.29, 1.82) is 0 Å². The number of carbonyl (C=O) groups excluding carboxylic acids is 1. The van der Waals surface area contributed by atoms with Gasteiger partial charge in [0.05, 0.1) is 11.7 Å². The van der Waals surface area contributed by atoms with Gasteiger partial charge in [-0.1, -0.05) is 18.2 Å². The number of hydrogen-bond donors (Lipinski definition) is 1. The largest absolute Gasteiger partial charge is 0.340 e. The first kappa shape index (κ1) is 12.3. The van der Waals surface area contributed by atoms with E-state index in [0.29, 0.717) is 6.54 Å². The summed E-state index contributed by atoms with van der Waals surface area (Å²) in [6.07, 6.45) is 3.88. The molecule has 0 fully saturated rings. The number of likely N-dealkylation sites (N-methyl/N-ethyl adjacent to an activating group) is 1. The van der Waals surface area contributed by atoms with Gasteiger partial charge in [0.2, 0.25) is 5.91 Å². The molecule has 0 saturated carbocycles. The average Bonchev–Trinajstić information content (AvgIpc) is 3.08. The Bertz CT molecular complexity index is 636. The first-order valence-electron chi connectivity index (χ1n) is 6.10. The van der Waals surface area contributed by atoms with Crippen LogP contribution in [0.1, 0.15) is 5.56 Å². The number of amides is 1. The summed E-state index contributed by atoms with van der Waals surface area (Å²) in [5.74, 6) is 0.0882. The molecule has 0 spiro atoms. The van der Waals surface area contributed by atoms with Crippen LogP contribution in [0.2, 0.25) is 0 Å². The van der Waals surface area contributed by atoms with Crippen molar-refractivity contribution in [3.05, 3.63) is 35.9 Å². The van der Waals surface area contributed by atoms with Crippen LogP contribution in [0.3, 0.4) is 0 Å². The zero-order valence-electron chi connectivity index (χ0n) is 10.5. The van der Waals surface area contributed by atoms with E-state index in [2.05, 4.69) is 14.1 Å². The lowest BCUT2D eigenvalue weighted by atomic mass is 10.1. The van der Waals surface area contributed by atoms with Gasteiger partial charge < -0.3 is 4.90 Å². The maximum Gasteiger partial charge on any atom is 0.243 e. The molecule has 0 bridgehead atoms. The molecular weight excluding hydrogens is 260 g/mol. The van der Waals surface area contributed by atoms with Crippen LogP contribution < -0.4 is 5.32 Å². The number of rotatable bonds is 3. The van der Waals surface area contributed by atoms with Gasteiger partial charge in [0.1, 0.15) is 17.1 Å². The van der Waals surface area contributed by atoms with Gasteiger partial charge in [0.25, 0.3) is 0 Å². The Labute approximate surface area is 115 Å². The zero-order valence-corrected chi connectivity index (χ0v) is 11.4. The van der Waals surface area contributed by atoms with E-state index in [1.54, 1.807) is 4.90 Å². The molecule has 5 nitrogen and oxygen atoms in total. The molecule has 2 heterocycles. The quantitative estimate of drug-likeness (QED) is 0.854. The first-order chi connectivity index (χ1) is 9.24. The second-order valence-electron chi connectivity index (χ2n) is 4.60. The van der Waals surface area contributed by atoms with Crippen LogP contribution in [0, 0.1) is 0 Å². The average molecular weight is 274 g/mol. The van der Waals surface area contributed by atoms with Gasteiger partial charge in [-0.3, -0.25) is 10.1 Å². The lowest BCUT2D eigenvalue weighted by molar-refractivity contribution is -0.131. The third-order valence-electron chi connectivity index (χ3n) is 3.16. The van der Waals surface area contributed by atoms with Crippen molar-refractivity contribution in [2.75, 3.05) is 13.6 Å². The van der Waals surface area contributed by atoms with Gasteiger partial charge in [-0.2, -0.15) is 8.75 Å². The Hall–Kier alpha value is -1.79. The fourth-order valence-corrected chi connectivity index (χ4v) is 2.67. The molecule has 0 saturated heterocycles. The predicted molar refractivity (Wildman–Crippen MR) is 74.8 cm³/mol. The molecule has 1 N–H and O–H groups in total. The summed E-state index contributed by atoms with van der Waals surface area (Å²) in [5.41, 5.74) is 2.86. The Morgan fingerprint density at radius 1 is 1.47 bits per heavy atom. The predicted octanol–water partition coefficient (Wildman–Crippen LogP) is 1.18. The maximum absolute atomic E-state index is 12.1. The molecule has 6 heteroatoms. The van der Waals surface area contributed by atoms with Crippen LogP contribution in [0.4, 0.5) is 0 Å². The second-order valence-corrected chi connectivity index (χ2v) is 5.12. The number of carbonyl (C=O) groups is 1. The van der Waals surface area contributed by atoms with E-state index in [4.69, 9.17) is 0 Å².